The smallest absolute Gasteiger partial charge is 0.142 e. The van der Waals surface area contributed by atoms with E-state index in [1.807, 2.05) is 67.6 Å². The molecule has 1 aliphatic rings. The van der Waals surface area contributed by atoms with Crippen molar-refractivity contribution in [1.29, 1.82) is 0 Å². The van der Waals surface area contributed by atoms with Gasteiger partial charge < -0.3 is 19.9 Å². The highest BCUT2D eigenvalue weighted by atomic mass is 15.1. The lowest BCUT2D eigenvalue weighted by atomic mass is 10.1. The highest BCUT2D eigenvalue weighted by Gasteiger charge is 2.16. The Morgan fingerprint density at radius 2 is 0.854 bits per heavy atom. The molecule has 8 heteroatoms. The van der Waals surface area contributed by atoms with E-state index >= 15 is 0 Å². The van der Waals surface area contributed by atoms with Crippen LogP contribution < -0.4 is 22.0 Å². The molecule has 1 aliphatic heterocycles. The van der Waals surface area contributed by atoms with Crippen LogP contribution in [0.3, 0.4) is 0 Å². The van der Waals surface area contributed by atoms with Gasteiger partial charge in [0, 0.05) is 43.4 Å². The summed E-state index contributed by atoms with van der Waals surface area (Å²) in [5.74, 6) is 2.77. The lowest BCUT2D eigenvalue weighted by Crippen LogP contribution is -2.10. The number of benzene rings is 3. The summed E-state index contributed by atoms with van der Waals surface area (Å²) in [6.07, 6.45) is 5.83. The molecule has 0 saturated heterocycles. The number of fused-ring (bicyclic) bond motifs is 17. The average molecular weight is 533 g/mol. The first-order valence-electron chi connectivity index (χ1n) is 13.4. The van der Waals surface area contributed by atoms with E-state index in [0.29, 0.717) is 33.6 Å². The second-order valence-corrected chi connectivity index (χ2v) is 9.90. The third-order valence-electron chi connectivity index (χ3n) is 7.49. The molecule has 8 nitrogen and oxygen atoms in total. The summed E-state index contributed by atoms with van der Waals surface area (Å²) in [6.45, 7) is 6.08. The first-order valence-corrected chi connectivity index (χ1v) is 13.4. The average Bonchev–Trinajstić information content (AvgIpc) is 3.72. The van der Waals surface area contributed by atoms with Gasteiger partial charge in [0.05, 0.1) is 0 Å². The van der Waals surface area contributed by atoms with Crippen molar-refractivity contribution in [2.24, 2.45) is 20.0 Å². The molecule has 0 fully saturated rings. The van der Waals surface area contributed by atoms with Crippen LogP contribution in [-0.2, 0) is 0 Å². The zero-order chi connectivity index (χ0) is 27.5. The molecule has 0 atom stereocenters. The van der Waals surface area contributed by atoms with Crippen molar-refractivity contribution in [3.05, 3.63) is 119 Å². The van der Waals surface area contributed by atoms with Gasteiger partial charge >= 0.3 is 0 Å². The van der Waals surface area contributed by atoms with E-state index in [4.69, 9.17) is 20.0 Å². The predicted molar refractivity (Wildman–Crippen MR) is 164 cm³/mol. The summed E-state index contributed by atoms with van der Waals surface area (Å²) in [5.41, 5.74) is 4.59. The van der Waals surface area contributed by atoms with E-state index in [2.05, 4.69) is 56.8 Å². The molecule has 4 N–H and O–H groups in total. The second kappa shape index (κ2) is 8.89. The second-order valence-electron chi connectivity index (χ2n) is 9.90. The number of allylic oxidation sites excluding steroid dienone is 1. The number of rotatable bonds is 2. The topological polar surface area (TPSA) is 113 Å². The molecule has 0 amide bonds. The Bertz CT molecular complexity index is 2460. The molecule has 3 aromatic carbocycles. The number of hydrogen-bond donors (Lipinski definition) is 4. The lowest BCUT2D eigenvalue weighted by molar-refractivity contribution is 1.08. The van der Waals surface area contributed by atoms with Crippen LogP contribution in [0.4, 0.5) is 23.3 Å². The highest BCUT2D eigenvalue weighted by molar-refractivity contribution is 5.99. The van der Waals surface area contributed by atoms with Gasteiger partial charge in [0.2, 0.25) is 0 Å². The van der Waals surface area contributed by atoms with E-state index in [0.717, 1.165) is 55.1 Å². The minimum absolute atomic E-state index is 0.658. The maximum Gasteiger partial charge on any atom is 0.142 e. The molecule has 0 saturated carbocycles. The Morgan fingerprint density at radius 3 is 1.27 bits per heavy atom. The third-order valence-corrected chi connectivity index (χ3v) is 7.49. The molecule has 8 bridgehead atoms. The van der Waals surface area contributed by atoms with Crippen molar-refractivity contribution in [3.63, 3.8) is 0 Å². The lowest BCUT2D eigenvalue weighted by Gasteiger charge is -1.95. The zero-order valence-corrected chi connectivity index (χ0v) is 22.2. The number of hydrogen-bond acceptors (Lipinski definition) is 4. The molecule has 0 radical (unpaired) electrons. The largest absolute Gasteiger partial charge is 0.324 e. The molecule has 8 rings (SSSR count). The van der Waals surface area contributed by atoms with E-state index in [-0.39, 0.29) is 0 Å². The van der Waals surface area contributed by atoms with Crippen molar-refractivity contribution >= 4 is 67.7 Å². The summed E-state index contributed by atoms with van der Waals surface area (Å²) in [4.78, 5) is 34.2. The van der Waals surface area contributed by atoms with Crippen LogP contribution >= 0.6 is 0 Å². The minimum Gasteiger partial charge on any atom is -0.324 e. The minimum atomic E-state index is 0.658. The van der Waals surface area contributed by atoms with Gasteiger partial charge in [0.25, 0.3) is 0 Å². The summed E-state index contributed by atoms with van der Waals surface area (Å²) in [6, 6.07) is 24.4. The van der Waals surface area contributed by atoms with Gasteiger partial charge in [-0.15, -0.1) is 0 Å². The zero-order valence-electron chi connectivity index (χ0n) is 22.2. The fourth-order valence-corrected chi connectivity index (χ4v) is 5.63. The van der Waals surface area contributed by atoms with Crippen molar-refractivity contribution in [2.45, 2.75) is 6.92 Å². The fourth-order valence-electron chi connectivity index (χ4n) is 5.63. The van der Waals surface area contributed by atoms with Gasteiger partial charge in [0.15, 0.2) is 0 Å². The first kappa shape index (κ1) is 23.2. The maximum atomic E-state index is 5.08. The normalized spacial score (nSPS) is 12.8. The molecule has 41 heavy (non-hydrogen) atoms. The molecule has 5 heterocycles. The first-order chi connectivity index (χ1) is 20.2. The van der Waals surface area contributed by atoms with Crippen molar-refractivity contribution < 1.29 is 0 Å². The Morgan fingerprint density at radius 1 is 0.488 bits per heavy atom. The van der Waals surface area contributed by atoms with Gasteiger partial charge in [-0.05, 0) is 6.92 Å². The molecule has 0 spiro atoms. The van der Waals surface area contributed by atoms with Crippen LogP contribution in [0.5, 0.6) is 0 Å². The molecular weight excluding hydrogens is 508 g/mol. The van der Waals surface area contributed by atoms with Gasteiger partial charge in [-0.3, -0.25) is 0 Å². The van der Waals surface area contributed by atoms with Crippen molar-refractivity contribution in [1.82, 2.24) is 19.9 Å². The maximum absolute atomic E-state index is 5.08. The van der Waals surface area contributed by atoms with E-state index in [9.17, 15) is 0 Å². The summed E-state index contributed by atoms with van der Waals surface area (Å²) in [5, 5.41) is 5.83. The van der Waals surface area contributed by atoms with Crippen molar-refractivity contribution in [3.8, 4) is 0 Å². The molecule has 0 aliphatic carbocycles. The van der Waals surface area contributed by atoms with Crippen LogP contribution in [0.2, 0.25) is 0 Å². The van der Waals surface area contributed by atoms with Crippen LogP contribution in [-0.4, -0.2) is 19.9 Å². The molecular formula is C33H24N8. The number of H-pyrrole nitrogens is 4. The van der Waals surface area contributed by atoms with Gasteiger partial charge in [-0.1, -0.05) is 97.6 Å². The number of aromatic amines is 4. The van der Waals surface area contributed by atoms with Crippen LogP contribution in [0.25, 0.3) is 44.5 Å². The molecule has 4 aromatic heterocycles. The summed E-state index contributed by atoms with van der Waals surface area (Å²) < 4.78 is 0. The monoisotopic (exact) mass is 532 g/mol. The van der Waals surface area contributed by atoms with Crippen LogP contribution in [0.1, 0.15) is 18.1 Å². The Hall–Kier alpha value is -5.76. The SMILES string of the molecule is C=Cc1c2[nH]c(c1C=CC)N=c1[nH]c(c3ccccc13)=Nc1[nH]c(c3ccccc13)N=c1[nH]c(c3ccccc13)=N2. The molecule has 0 unspecified atom stereocenters. The quantitative estimate of drug-likeness (QED) is 0.202. The molecule has 7 aromatic rings. The number of aromatic nitrogens is 4. The van der Waals surface area contributed by atoms with Crippen molar-refractivity contribution in [2.75, 3.05) is 0 Å². The predicted octanol–water partition coefficient (Wildman–Crippen LogP) is 6.25. The van der Waals surface area contributed by atoms with Crippen LogP contribution in [0, 0.1) is 0 Å². The Kier molecular flexibility index (Phi) is 5.02. The van der Waals surface area contributed by atoms with E-state index in [1.165, 1.54) is 0 Å². The van der Waals surface area contributed by atoms with Gasteiger partial charge in [0.1, 0.15) is 45.2 Å². The van der Waals surface area contributed by atoms with E-state index in [1.54, 1.807) is 0 Å². The number of nitrogens with one attached hydrogen (secondary N) is 4. The van der Waals surface area contributed by atoms with Gasteiger partial charge in [-0.2, -0.15) is 0 Å². The fraction of sp³-hybridized carbons (Fsp3) is 0.0303. The summed E-state index contributed by atoms with van der Waals surface area (Å²) in [7, 11) is 0. The highest BCUT2D eigenvalue weighted by Crippen LogP contribution is 2.35. The molecule has 196 valence electrons. The van der Waals surface area contributed by atoms with Gasteiger partial charge in [-0.25, -0.2) is 20.0 Å². The standard InChI is InChI=1S/C33H24N8/c1-3-11-19-18(4-2)26-34-27(19)36-29-22-14-7-8-15-23(22)31(38-29)40-33-25-17-10-9-16-24(25)32(41-33)39-30-21-13-6-5-12-20(21)28(35-26)37-30/h3-17H,2H2,1H3,(H4,34,35,36,37,38,39,40,41). The van der Waals surface area contributed by atoms with Crippen LogP contribution in [0.15, 0.2) is 105 Å². The van der Waals surface area contributed by atoms with E-state index < -0.39 is 0 Å². The summed E-state index contributed by atoms with van der Waals surface area (Å²) >= 11 is 0. The number of nitrogens with zero attached hydrogens (tertiary/aromatic N) is 4. The third kappa shape index (κ3) is 3.54. The Labute approximate surface area is 233 Å². The Balaban J connectivity index is 1.60.